The number of aryl methyl sites for hydroxylation is 2. The Labute approximate surface area is 134 Å². The van der Waals surface area contributed by atoms with Crippen molar-refractivity contribution in [2.75, 3.05) is 13.7 Å². The van der Waals surface area contributed by atoms with E-state index in [9.17, 15) is 8.42 Å². The van der Waals surface area contributed by atoms with Gasteiger partial charge in [-0.3, -0.25) is 0 Å². The molecule has 0 unspecified atom stereocenters. The van der Waals surface area contributed by atoms with Gasteiger partial charge in [0.2, 0.25) is 10.0 Å². The maximum absolute atomic E-state index is 12.2. The maximum atomic E-state index is 12.2. The fraction of sp³-hybridized carbons (Fsp3) is 0.357. The minimum absolute atomic E-state index is 0.0975. The van der Waals surface area contributed by atoms with Crippen molar-refractivity contribution in [2.24, 2.45) is 0 Å². The molecule has 8 heteroatoms. The van der Waals surface area contributed by atoms with Crippen molar-refractivity contribution in [3.63, 3.8) is 0 Å². The molecule has 1 heterocycles. The van der Waals surface area contributed by atoms with E-state index in [2.05, 4.69) is 9.88 Å². The molecule has 1 aromatic carbocycles. The van der Waals surface area contributed by atoms with Gasteiger partial charge in [0.05, 0.1) is 12.1 Å². The van der Waals surface area contributed by atoms with E-state index < -0.39 is 10.0 Å². The lowest BCUT2D eigenvalue weighted by Gasteiger charge is -2.08. The maximum Gasteiger partial charge on any atom is 0.245 e. The summed E-state index contributed by atoms with van der Waals surface area (Å²) in [6.45, 7) is 3.40. The smallest absolute Gasteiger partial charge is 0.245 e. The molecule has 2 aromatic rings. The summed E-state index contributed by atoms with van der Waals surface area (Å²) >= 11 is 6.04. The van der Waals surface area contributed by atoms with E-state index in [-0.39, 0.29) is 17.2 Å². The zero-order valence-electron chi connectivity index (χ0n) is 12.5. The minimum Gasteiger partial charge on any atom is -0.495 e. The molecule has 0 saturated heterocycles. The van der Waals surface area contributed by atoms with Crippen molar-refractivity contribution in [1.82, 2.24) is 9.88 Å². The van der Waals surface area contributed by atoms with E-state index in [0.29, 0.717) is 22.9 Å². The van der Waals surface area contributed by atoms with E-state index in [1.807, 2.05) is 6.07 Å². The van der Waals surface area contributed by atoms with Crippen LogP contribution in [-0.2, 0) is 16.4 Å². The molecular weight excluding hydrogens is 328 g/mol. The van der Waals surface area contributed by atoms with E-state index in [1.165, 1.54) is 0 Å². The van der Waals surface area contributed by atoms with Gasteiger partial charge in [-0.05, 0) is 38.0 Å². The average Bonchev–Trinajstić information content (AvgIpc) is 2.79. The van der Waals surface area contributed by atoms with Gasteiger partial charge in [-0.25, -0.2) is 13.1 Å². The molecule has 0 saturated carbocycles. The molecular formula is C14H17ClN2O4S. The number of aromatic nitrogens is 1. The van der Waals surface area contributed by atoms with E-state index in [1.54, 1.807) is 33.1 Å². The van der Waals surface area contributed by atoms with Gasteiger partial charge in [0.1, 0.15) is 16.3 Å². The summed E-state index contributed by atoms with van der Waals surface area (Å²) in [5.74, 6) is 0.860. The third-order valence-electron chi connectivity index (χ3n) is 3.16. The lowest BCUT2D eigenvalue weighted by Crippen LogP contribution is -2.26. The number of hydrogen-bond donors (Lipinski definition) is 1. The summed E-state index contributed by atoms with van der Waals surface area (Å²) in [5, 5.41) is 4.15. The molecule has 0 aliphatic rings. The summed E-state index contributed by atoms with van der Waals surface area (Å²) in [4.78, 5) is 0.0975. The highest BCUT2D eigenvalue weighted by molar-refractivity contribution is 7.89. The van der Waals surface area contributed by atoms with Crippen LogP contribution in [0.25, 0.3) is 0 Å². The Bertz CT molecular complexity index is 752. The normalized spacial score (nSPS) is 11.6. The Kier molecular flexibility index (Phi) is 5.10. The van der Waals surface area contributed by atoms with Crippen LogP contribution in [-0.4, -0.2) is 27.2 Å². The van der Waals surface area contributed by atoms with E-state index >= 15 is 0 Å². The van der Waals surface area contributed by atoms with Gasteiger partial charge in [-0.2, -0.15) is 0 Å². The molecule has 0 fully saturated rings. The van der Waals surface area contributed by atoms with Gasteiger partial charge in [-0.1, -0.05) is 22.8 Å². The summed E-state index contributed by atoms with van der Waals surface area (Å²) in [6.07, 6.45) is 0.506. The van der Waals surface area contributed by atoms with Crippen LogP contribution in [0, 0.1) is 13.8 Å². The molecule has 0 aliphatic heterocycles. The summed E-state index contributed by atoms with van der Waals surface area (Å²) in [7, 11) is -2.10. The minimum atomic E-state index is -3.64. The number of rotatable bonds is 6. The van der Waals surface area contributed by atoms with Crippen molar-refractivity contribution in [3.8, 4) is 5.75 Å². The molecule has 0 bridgehead atoms. The topological polar surface area (TPSA) is 81.4 Å². The first kappa shape index (κ1) is 16.8. The number of benzene rings is 1. The molecule has 0 radical (unpaired) electrons. The van der Waals surface area contributed by atoms with Crippen LogP contribution in [0.4, 0.5) is 0 Å². The largest absolute Gasteiger partial charge is 0.495 e. The predicted octanol–water partition coefficient (Wildman–Crippen LogP) is 2.47. The van der Waals surface area contributed by atoms with Crippen LogP contribution in [0.3, 0.4) is 0 Å². The fourth-order valence-corrected chi connectivity index (χ4v) is 3.76. The Morgan fingerprint density at radius 2 is 2.09 bits per heavy atom. The number of hydrogen-bond acceptors (Lipinski definition) is 5. The van der Waals surface area contributed by atoms with Gasteiger partial charge in [-0.15, -0.1) is 0 Å². The van der Waals surface area contributed by atoms with Crippen molar-refractivity contribution in [3.05, 3.63) is 40.2 Å². The molecule has 2 rings (SSSR count). The second-order valence-corrected chi connectivity index (χ2v) is 6.88. The second-order valence-electron chi connectivity index (χ2n) is 4.77. The quantitative estimate of drug-likeness (QED) is 0.870. The van der Waals surface area contributed by atoms with Crippen LogP contribution < -0.4 is 9.46 Å². The first-order chi connectivity index (χ1) is 10.3. The lowest BCUT2D eigenvalue weighted by molar-refractivity contribution is 0.390. The monoisotopic (exact) mass is 344 g/mol. The summed E-state index contributed by atoms with van der Waals surface area (Å²) in [5.41, 5.74) is 1.25. The van der Waals surface area contributed by atoms with Crippen LogP contribution >= 0.6 is 11.6 Å². The first-order valence-electron chi connectivity index (χ1n) is 6.60. The molecule has 6 nitrogen and oxygen atoms in total. The Hall–Kier alpha value is -1.57. The van der Waals surface area contributed by atoms with Crippen LogP contribution in [0.15, 0.2) is 27.6 Å². The van der Waals surface area contributed by atoms with Gasteiger partial charge >= 0.3 is 0 Å². The molecule has 0 atom stereocenters. The van der Waals surface area contributed by atoms with Gasteiger partial charge in [0, 0.05) is 6.54 Å². The Balaban J connectivity index is 2.03. The van der Waals surface area contributed by atoms with E-state index in [4.69, 9.17) is 20.9 Å². The lowest BCUT2D eigenvalue weighted by atomic mass is 10.1. The second kappa shape index (κ2) is 6.68. The number of methoxy groups -OCH3 is 1. The Morgan fingerprint density at radius 3 is 2.64 bits per heavy atom. The predicted molar refractivity (Wildman–Crippen MR) is 82.9 cm³/mol. The average molecular weight is 345 g/mol. The molecule has 0 amide bonds. The highest BCUT2D eigenvalue weighted by Gasteiger charge is 2.23. The fourth-order valence-electron chi connectivity index (χ4n) is 2.13. The summed E-state index contributed by atoms with van der Waals surface area (Å²) in [6, 6.07) is 5.35. The van der Waals surface area contributed by atoms with Crippen LogP contribution in [0.5, 0.6) is 5.75 Å². The SMILES string of the molecule is COc1ccc(CCNS(=O)(=O)c2c(C)noc2C)cc1Cl. The number of nitrogens with one attached hydrogen (secondary N) is 1. The molecule has 120 valence electrons. The van der Waals surface area contributed by atoms with Crippen molar-refractivity contribution >= 4 is 21.6 Å². The molecule has 22 heavy (non-hydrogen) atoms. The van der Waals surface area contributed by atoms with Gasteiger partial charge in [0.25, 0.3) is 0 Å². The Morgan fingerprint density at radius 1 is 1.36 bits per heavy atom. The first-order valence-corrected chi connectivity index (χ1v) is 8.46. The summed E-state index contributed by atoms with van der Waals surface area (Å²) < 4.78 is 37.0. The van der Waals surface area contributed by atoms with E-state index in [0.717, 1.165) is 5.56 Å². The third kappa shape index (κ3) is 3.60. The molecule has 0 aliphatic carbocycles. The standard InChI is InChI=1S/C14H17ClN2O4S/c1-9-14(10(2)21-17-9)22(18,19)16-7-6-11-4-5-13(20-3)12(15)8-11/h4-5,8,16H,6-7H2,1-3H3. The third-order valence-corrected chi connectivity index (χ3v) is 5.16. The molecule has 0 spiro atoms. The molecule has 1 aromatic heterocycles. The molecule has 1 N–H and O–H groups in total. The number of ether oxygens (including phenoxy) is 1. The zero-order valence-corrected chi connectivity index (χ0v) is 14.1. The van der Waals surface area contributed by atoms with Crippen LogP contribution in [0.1, 0.15) is 17.0 Å². The zero-order chi connectivity index (χ0) is 16.3. The highest BCUT2D eigenvalue weighted by Crippen LogP contribution is 2.25. The van der Waals surface area contributed by atoms with Gasteiger partial charge in [0.15, 0.2) is 5.76 Å². The van der Waals surface area contributed by atoms with Crippen LogP contribution in [0.2, 0.25) is 5.02 Å². The number of sulfonamides is 1. The van der Waals surface area contributed by atoms with Crippen molar-refractivity contribution < 1.29 is 17.7 Å². The van der Waals surface area contributed by atoms with Crippen molar-refractivity contribution in [1.29, 1.82) is 0 Å². The van der Waals surface area contributed by atoms with Gasteiger partial charge < -0.3 is 9.26 Å². The number of nitrogens with zero attached hydrogens (tertiary/aromatic N) is 1. The highest BCUT2D eigenvalue weighted by atomic mass is 35.5. The van der Waals surface area contributed by atoms with Crippen molar-refractivity contribution in [2.45, 2.75) is 25.2 Å². The number of halogens is 1.